The third kappa shape index (κ3) is 4.99. The molecule has 0 aromatic rings. The second kappa shape index (κ2) is 6.22. The topological polar surface area (TPSA) is 12.0 Å². The van der Waals surface area contributed by atoms with Gasteiger partial charge in [-0.25, -0.2) is 0 Å². The summed E-state index contributed by atoms with van der Waals surface area (Å²) in [5.41, 5.74) is 0.799. The molecule has 1 fully saturated rings. The standard InChI is InChI=1S/C16H33N/c1-6-16(7-2,13-17-15(3,4)5)12-14-10-8-9-11-14/h14,17H,6-13H2,1-5H3. The Kier molecular flexibility index (Phi) is 5.50. The lowest BCUT2D eigenvalue weighted by Crippen LogP contribution is -2.44. The van der Waals surface area contributed by atoms with Crippen LogP contribution in [0.5, 0.6) is 0 Å². The molecule has 0 bridgehead atoms. The first-order valence-corrected chi connectivity index (χ1v) is 7.66. The van der Waals surface area contributed by atoms with E-state index in [9.17, 15) is 0 Å². The van der Waals surface area contributed by atoms with Crippen LogP contribution in [0, 0.1) is 11.3 Å². The van der Waals surface area contributed by atoms with Gasteiger partial charge in [0.05, 0.1) is 0 Å². The maximum absolute atomic E-state index is 3.74. The monoisotopic (exact) mass is 239 g/mol. The van der Waals surface area contributed by atoms with Gasteiger partial charge in [0.15, 0.2) is 0 Å². The summed E-state index contributed by atoms with van der Waals surface area (Å²) in [4.78, 5) is 0. The fraction of sp³-hybridized carbons (Fsp3) is 1.00. The van der Waals surface area contributed by atoms with Crippen molar-refractivity contribution in [1.82, 2.24) is 5.32 Å². The first kappa shape index (κ1) is 15.0. The van der Waals surface area contributed by atoms with Gasteiger partial charge >= 0.3 is 0 Å². The van der Waals surface area contributed by atoms with Gasteiger partial charge in [-0.15, -0.1) is 0 Å². The Morgan fingerprint density at radius 2 is 1.53 bits per heavy atom. The third-order valence-electron chi connectivity index (χ3n) is 4.69. The van der Waals surface area contributed by atoms with Gasteiger partial charge in [0.1, 0.15) is 0 Å². The predicted octanol–water partition coefficient (Wildman–Crippen LogP) is 4.76. The maximum atomic E-state index is 3.74. The second-order valence-electron chi connectivity index (χ2n) is 7.17. The zero-order valence-corrected chi connectivity index (χ0v) is 12.7. The van der Waals surface area contributed by atoms with E-state index in [2.05, 4.69) is 39.9 Å². The molecule has 0 saturated heterocycles. The molecule has 1 nitrogen and oxygen atoms in total. The lowest BCUT2D eigenvalue weighted by Gasteiger charge is -2.37. The number of nitrogens with one attached hydrogen (secondary N) is 1. The molecule has 0 aromatic carbocycles. The van der Waals surface area contributed by atoms with Crippen molar-refractivity contribution in [3.05, 3.63) is 0 Å². The van der Waals surface area contributed by atoms with Crippen molar-refractivity contribution in [2.24, 2.45) is 11.3 Å². The van der Waals surface area contributed by atoms with Gasteiger partial charge in [-0.1, -0.05) is 39.5 Å². The molecular formula is C16H33N. The van der Waals surface area contributed by atoms with Crippen LogP contribution in [0.15, 0.2) is 0 Å². The molecule has 1 aliphatic carbocycles. The predicted molar refractivity (Wildman–Crippen MR) is 77.3 cm³/mol. The molecule has 102 valence electrons. The van der Waals surface area contributed by atoms with Crippen LogP contribution in [-0.4, -0.2) is 12.1 Å². The van der Waals surface area contributed by atoms with E-state index < -0.39 is 0 Å². The largest absolute Gasteiger partial charge is 0.312 e. The van der Waals surface area contributed by atoms with Gasteiger partial charge in [-0.2, -0.15) is 0 Å². The summed E-state index contributed by atoms with van der Waals surface area (Å²) in [6, 6.07) is 0. The Hall–Kier alpha value is -0.0400. The average molecular weight is 239 g/mol. The minimum Gasteiger partial charge on any atom is -0.312 e. The first-order chi connectivity index (χ1) is 7.91. The minimum atomic E-state index is 0.255. The van der Waals surface area contributed by atoms with Gasteiger partial charge in [0.2, 0.25) is 0 Å². The Balaban J connectivity index is 2.53. The van der Waals surface area contributed by atoms with Crippen LogP contribution in [0.25, 0.3) is 0 Å². The highest BCUT2D eigenvalue weighted by molar-refractivity contribution is 4.86. The van der Waals surface area contributed by atoms with E-state index in [-0.39, 0.29) is 5.54 Å². The summed E-state index contributed by atoms with van der Waals surface area (Å²) in [6.45, 7) is 12.8. The summed E-state index contributed by atoms with van der Waals surface area (Å²) < 4.78 is 0. The van der Waals surface area contributed by atoms with Crippen LogP contribution in [0.4, 0.5) is 0 Å². The van der Waals surface area contributed by atoms with E-state index >= 15 is 0 Å². The van der Waals surface area contributed by atoms with Gasteiger partial charge in [0.25, 0.3) is 0 Å². The normalized spacial score (nSPS) is 18.9. The van der Waals surface area contributed by atoms with Crippen LogP contribution >= 0.6 is 0 Å². The van der Waals surface area contributed by atoms with Gasteiger partial charge in [0, 0.05) is 12.1 Å². The Bertz CT molecular complexity index is 204. The lowest BCUT2D eigenvalue weighted by atomic mass is 9.74. The van der Waals surface area contributed by atoms with Crippen molar-refractivity contribution in [3.63, 3.8) is 0 Å². The smallest absolute Gasteiger partial charge is 0.00967 e. The number of hydrogen-bond acceptors (Lipinski definition) is 1. The molecule has 1 aliphatic rings. The highest BCUT2D eigenvalue weighted by atomic mass is 15.0. The van der Waals surface area contributed by atoms with Crippen molar-refractivity contribution in [2.75, 3.05) is 6.54 Å². The molecule has 1 N–H and O–H groups in total. The summed E-state index contributed by atoms with van der Waals surface area (Å²) in [5, 5.41) is 3.74. The van der Waals surface area contributed by atoms with E-state index in [1.807, 2.05) is 0 Å². The zero-order valence-electron chi connectivity index (χ0n) is 12.7. The third-order valence-corrected chi connectivity index (χ3v) is 4.69. The molecule has 0 atom stereocenters. The van der Waals surface area contributed by atoms with Crippen molar-refractivity contribution in [3.8, 4) is 0 Å². The minimum absolute atomic E-state index is 0.255. The maximum Gasteiger partial charge on any atom is 0.00967 e. The molecule has 0 aromatic heterocycles. The van der Waals surface area contributed by atoms with E-state index in [4.69, 9.17) is 0 Å². The molecule has 17 heavy (non-hydrogen) atoms. The Labute approximate surface area is 109 Å². The van der Waals surface area contributed by atoms with Crippen LogP contribution in [0.3, 0.4) is 0 Å². The summed E-state index contributed by atoms with van der Waals surface area (Å²) in [7, 11) is 0. The highest BCUT2D eigenvalue weighted by Gasteiger charge is 2.31. The van der Waals surface area contributed by atoms with Gasteiger partial charge in [-0.05, 0) is 51.4 Å². The summed E-state index contributed by atoms with van der Waals surface area (Å²) in [5.74, 6) is 1.01. The van der Waals surface area contributed by atoms with E-state index in [1.165, 1.54) is 51.5 Å². The molecule has 1 heteroatoms. The molecule has 0 heterocycles. The van der Waals surface area contributed by atoms with Crippen molar-refractivity contribution >= 4 is 0 Å². The van der Waals surface area contributed by atoms with Crippen molar-refractivity contribution < 1.29 is 0 Å². The number of hydrogen-bond donors (Lipinski definition) is 1. The van der Waals surface area contributed by atoms with E-state index in [1.54, 1.807) is 0 Å². The van der Waals surface area contributed by atoms with Crippen LogP contribution < -0.4 is 5.32 Å². The quantitative estimate of drug-likeness (QED) is 0.704. The van der Waals surface area contributed by atoms with E-state index in [0.717, 1.165) is 5.92 Å². The van der Waals surface area contributed by atoms with Crippen LogP contribution in [0.1, 0.15) is 79.6 Å². The molecule has 0 aliphatic heterocycles. The molecule has 0 spiro atoms. The number of rotatable bonds is 6. The average Bonchev–Trinajstić information content (AvgIpc) is 2.76. The first-order valence-electron chi connectivity index (χ1n) is 7.66. The van der Waals surface area contributed by atoms with Gasteiger partial charge < -0.3 is 5.32 Å². The Morgan fingerprint density at radius 3 is 1.94 bits per heavy atom. The molecule has 1 saturated carbocycles. The Morgan fingerprint density at radius 1 is 1.00 bits per heavy atom. The SMILES string of the molecule is CCC(CC)(CNC(C)(C)C)CC1CCCC1. The highest BCUT2D eigenvalue weighted by Crippen LogP contribution is 2.40. The van der Waals surface area contributed by atoms with Gasteiger partial charge in [-0.3, -0.25) is 0 Å². The second-order valence-corrected chi connectivity index (χ2v) is 7.17. The fourth-order valence-corrected chi connectivity index (χ4v) is 3.14. The molecule has 0 radical (unpaired) electrons. The van der Waals surface area contributed by atoms with Crippen LogP contribution in [0.2, 0.25) is 0 Å². The van der Waals surface area contributed by atoms with E-state index in [0.29, 0.717) is 5.41 Å². The lowest BCUT2D eigenvalue weighted by molar-refractivity contribution is 0.172. The van der Waals surface area contributed by atoms with Crippen molar-refractivity contribution in [1.29, 1.82) is 0 Å². The molecule has 1 rings (SSSR count). The summed E-state index contributed by atoms with van der Waals surface area (Å²) in [6.07, 6.45) is 10.0. The molecule has 0 amide bonds. The fourth-order valence-electron chi connectivity index (χ4n) is 3.14. The molecule has 0 unspecified atom stereocenters. The van der Waals surface area contributed by atoms with Crippen LogP contribution in [-0.2, 0) is 0 Å². The molecular weight excluding hydrogens is 206 g/mol. The summed E-state index contributed by atoms with van der Waals surface area (Å²) >= 11 is 0. The van der Waals surface area contributed by atoms with Crippen molar-refractivity contribution in [2.45, 2.75) is 85.1 Å². The zero-order chi connectivity index (χ0) is 12.9.